The Morgan fingerprint density at radius 1 is 1.19 bits per heavy atom. The third kappa shape index (κ3) is 4.23. The Morgan fingerprint density at radius 3 is 2.52 bits per heavy atom. The van der Waals surface area contributed by atoms with Crippen LogP contribution in [0.4, 0.5) is 5.82 Å². The highest BCUT2D eigenvalue weighted by atomic mass is 16.3. The number of anilines is 1. The van der Waals surface area contributed by atoms with Crippen LogP contribution in [0.25, 0.3) is 11.3 Å². The maximum Gasteiger partial charge on any atom is 0.129 e. The van der Waals surface area contributed by atoms with Crippen molar-refractivity contribution in [3.63, 3.8) is 0 Å². The van der Waals surface area contributed by atoms with Crippen molar-refractivity contribution >= 4 is 5.82 Å². The summed E-state index contributed by atoms with van der Waals surface area (Å²) in [6, 6.07) is 5.64. The topological polar surface area (TPSA) is 70.9 Å². The monoisotopic (exact) mass is 286 g/mol. The van der Waals surface area contributed by atoms with Gasteiger partial charge in [0.15, 0.2) is 0 Å². The fourth-order valence-corrected chi connectivity index (χ4v) is 1.83. The number of aliphatic hydroxyl groups is 1. The van der Waals surface area contributed by atoms with Crippen molar-refractivity contribution in [2.75, 3.05) is 11.9 Å². The Hall–Kier alpha value is -2.01. The summed E-state index contributed by atoms with van der Waals surface area (Å²) in [4.78, 5) is 12.8. The third-order valence-electron chi connectivity index (χ3n) is 3.04. The molecule has 2 rings (SSSR count). The average molecular weight is 286 g/mol. The average Bonchev–Trinajstić information content (AvgIpc) is 2.45. The molecule has 2 N–H and O–H groups in total. The van der Waals surface area contributed by atoms with Crippen LogP contribution in [0.3, 0.4) is 0 Å². The first-order chi connectivity index (χ1) is 9.86. The van der Waals surface area contributed by atoms with Crippen LogP contribution in [0.2, 0.25) is 0 Å². The first-order valence-electron chi connectivity index (χ1n) is 7.11. The van der Waals surface area contributed by atoms with Gasteiger partial charge in [0, 0.05) is 24.4 Å². The predicted octanol–water partition coefficient (Wildman–Crippen LogP) is 2.83. The van der Waals surface area contributed by atoms with E-state index in [1.54, 1.807) is 26.4 Å². The molecule has 5 nitrogen and oxygen atoms in total. The zero-order valence-corrected chi connectivity index (χ0v) is 13.0. The van der Waals surface area contributed by atoms with Crippen molar-refractivity contribution in [2.45, 2.75) is 33.3 Å². The molecule has 5 heteroatoms. The van der Waals surface area contributed by atoms with Gasteiger partial charge in [-0.3, -0.25) is 4.98 Å². The number of rotatable bonds is 5. The molecular formula is C16H22N4O. The van der Waals surface area contributed by atoms with Crippen LogP contribution in [-0.4, -0.2) is 26.6 Å². The van der Waals surface area contributed by atoms with Gasteiger partial charge < -0.3 is 10.4 Å². The summed E-state index contributed by atoms with van der Waals surface area (Å²) in [6.07, 6.45) is 3.27. The van der Waals surface area contributed by atoms with E-state index in [1.807, 2.05) is 18.2 Å². The van der Waals surface area contributed by atoms with E-state index in [0.717, 1.165) is 23.6 Å². The normalized spacial score (nSPS) is 11.7. The lowest BCUT2D eigenvalue weighted by Crippen LogP contribution is -2.17. The third-order valence-corrected chi connectivity index (χ3v) is 3.04. The van der Waals surface area contributed by atoms with Crippen LogP contribution in [0.15, 0.2) is 30.7 Å². The molecule has 2 heterocycles. The first-order valence-corrected chi connectivity index (χ1v) is 7.11. The number of aromatic nitrogens is 3. The fraction of sp³-hybridized carbons (Fsp3) is 0.438. The molecular weight excluding hydrogens is 264 g/mol. The van der Waals surface area contributed by atoms with E-state index in [9.17, 15) is 5.11 Å². The Labute approximate surface area is 125 Å². The highest BCUT2D eigenvalue weighted by molar-refractivity contribution is 5.61. The minimum Gasteiger partial charge on any atom is -0.384 e. The zero-order valence-electron chi connectivity index (χ0n) is 13.0. The summed E-state index contributed by atoms with van der Waals surface area (Å²) >= 11 is 0. The molecule has 0 radical (unpaired) electrons. The quantitative estimate of drug-likeness (QED) is 0.884. The molecule has 0 fully saturated rings. The summed E-state index contributed by atoms with van der Waals surface area (Å²) in [6.45, 7) is 8.59. The van der Waals surface area contributed by atoms with Crippen molar-refractivity contribution in [3.8, 4) is 11.3 Å². The fourth-order valence-electron chi connectivity index (χ4n) is 1.83. The van der Waals surface area contributed by atoms with Gasteiger partial charge in [-0.25, -0.2) is 9.97 Å². The predicted molar refractivity (Wildman–Crippen MR) is 83.8 cm³/mol. The molecule has 0 saturated carbocycles. The number of nitrogens with one attached hydrogen (secondary N) is 1. The van der Waals surface area contributed by atoms with Gasteiger partial charge in [0.05, 0.1) is 11.4 Å². The van der Waals surface area contributed by atoms with Crippen molar-refractivity contribution in [2.24, 2.45) is 5.92 Å². The number of hydrogen-bond donors (Lipinski definition) is 2. The van der Waals surface area contributed by atoms with Gasteiger partial charge in [-0.2, -0.15) is 0 Å². The molecule has 112 valence electrons. The zero-order chi connectivity index (χ0) is 15.5. The smallest absolute Gasteiger partial charge is 0.129 e. The molecule has 0 aromatic carbocycles. The van der Waals surface area contributed by atoms with Gasteiger partial charge in [-0.1, -0.05) is 13.8 Å². The van der Waals surface area contributed by atoms with Crippen LogP contribution in [0.5, 0.6) is 0 Å². The van der Waals surface area contributed by atoms with Crippen LogP contribution in [-0.2, 0) is 5.60 Å². The van der Waals surface area contributed by atoms with Crippen LogP contribution in [0.1, 0.15) is 33.4 Å². The van der Waals surface area contributed by atoms with Gasteiger partial charge in [-0.05, 0) is 31.9 Å². The van der Waals surface area contributed by atoms with Crippen LogP contribution in [0, 0.1) is 5.92 Å². The Bertz CT molecular complexity index is 588. The minimum atomic E-state index is -0.936. The standard InChI is InChI=1S/C16H22N4O/c1-11(2)8-18-15-7-13(19-10-20-15)12-5-6-14(17-9-12)16(3,4)21/h5-7,9-11,21H,8H2,1-4H3,(H,18,19,20). The maximum absolute atomic E-state index is 9.92. The van der Waals surface area contributed by atoms with Crippen molar-refractivity contribution in [1.29, 1.82) is 0 Å². The molecule has 0 aliphatic heterocycles. The van der Waals surface area contributed by atoms with Crippen LogP contribution >= 0.6 is 0 Å². The number of nitrogens with zero attached hydrogens (tertiary/aromatic N) is 3. The SMILES string of the molecule is CC(C)CNc1cc(-c2ccc(C(C)(C)O)nc2)ncn1. The lowest BCUT2D eigenvalue weighted by Gasteiger charge is -2.16. The Kier molecular flexibility index (Phi) is 4.53. The second-order valence-corrected chi connectivity index (χ2v) is 6.05. The highest BCUT2D eigenvalue weighted by Gasteiger charge is 2.17. The van der Waals surface area contributed by atoms with Gasteiger partial charge >= 0.3 is 0 Å². The molecule has 0 aliphatic carbocycles. The molecule has 0 aliphatic rings. The molecule has 0 unspecified atom stereocenters. The van der Waals surface area contributed by atoms with E-state index >= 15 is 0 Å². The highest BCUT2D eigenvalue weighted by Crippen LogP contribution is 2.22. The van der Waals surface area contributed by atoms with Gasteiger partial charge in [0.2, 0.25) is 0 Å². The second-order valence-electron chi connectivity index (χ2n) is 6.05. The molecule has 2 aromatic rings. The maximum atomic E-state index is 9.92. The summed E-state index contributed by atoms with van der Waals surface area (Å²) in [5.74, 6) is 1.36. The van der Waals surface area contributed by atoms with E-state index in [4.69, 9.17) is 0 Å². The molecule has 21 heavy (non-hydrogen) atoms. The van der Waals surface area contributed by atoms with E-state index in [2.05, 4.69) is 34.1 Å². The van der Waals surface area contributed by atoms with Gasteiger partial charge in [0.1, 0.15) is 17.7 Å². The summed E-state index contributed by atoms with van der Waals surface area (Å²) in [7, 11) is 0. The van der Waals surface area contributed by atoms with Gasteiger partial charge in [0.25, 0.3) is 0 Å². The molecule has 0 atom stereocenters. The number of pyridine rings is 1. The largest absolute Gasteiger partial charge is 0.384 e. The lowest BCUT2D eigenvalue weighted by atomic mass is 10.0. The summed E-state index contributed by atoms with van der Waals surface area (Å²) in [5.41, 5.74) is 1.41. The Balaban J connectivity index is 2.20. The van der Waals surface area contributed by atoms with Gasteiger partial charge in [-0.15, -0.1) is 0 Å². The molecule has 0 spiro atoms. The van der Waals surface area contributed by atoms with Crippen molar-refractivity contribution in [3.05, 3.63) is 36.4 Å². The molecule has 0 bridgehead atoms. The molecule has 0 saturated heterocycles. The first kappa shape index (κ1) is 15.4. The summed E-state index contributed by atoms with van der Waals surface area (Å²) in [5, 5.41) is 13.2. The van der Waals surface area contributed by atoms with E-state index in [0.29, 0.717) is 11.6 Å². The second kappa shape index (κ2) is 6.18. The van der Waals surface area contributed by atoms with E-state index in [-0.39, 0.29) is 0 Å². The van der Waals surface area contributed by atoms with Crippen molar-refractivity contribution < 1.29 is 5.11 Å². The summed E-state index contributed by atoms with van der Waals surface area (Å²) < 4.78 is 0. The van der Waals surface area contributed by atoms with E-state index < -0.39 is 5.60 Å². The molecule has 2 aromatic heterocycles. The molecule has 0 amide bonds. The Morgan fingerprint density at radius 2 is 1.95 bits per heavy atom. The van der Waals surface area contributed by atoms with Crippen LogP contribution < -0.4 is 5.32 Å². The van der Waals surface area contributed by atoms with Crippen molar-refractivity contribution in [1.82, 2.24) is 15.0 Å². The lowest BCUT2D eigenvalue weighted by molar-refractivity contribution is 0.0739. The minimum absolute atomic E-state index is 0.552. The van der Waals surface area contributed by atoms with E-state index in [1.165, 1.54) is 0 Å². The number of hydrogen-bond acceptors (Lipinski definition) is 5.